The molecular formula is C11H15NO3. The number of carbonyl (C=O) groups excluding carboxylic acids is 1. The Kier molecular flexibility index (Phi) is 3.55. The number of anilines is 1. The topological polar surface area (TPSA) is 58.6 Å². The smallest absolute Gasteiger partial charge is 0.411 e. The third-order valence-corrected chi connectivity index (χ3v) is 2.08. The first-order valence-corrected chi connectivity index (χ1v) is 4.72. The third kappa shape index (κ3) is 2.87. The number of hydrogen-bond acceptors (Lipinski definition) is 3. The molecule has 0 aromatic heterocycles. The standard InChI is InChI=1S/C11H15NO3/c1-7(2)9-5-4-8(6-10(9)13)12-11(14)15-3/h4-7,13H,1-3H3,(H,12,14). The predicted octanol–water partition coefficient (Wildman–Crippen LogP) is 2.69. The highest BCUT2D eigenvalue weighted by atomic mass is 16.5. The van der Waals surface area contributed by atoms with E-state index in [1.165, 1.54) is 13.2 Å². The van der Waals surface area contributed by atoms with Gasteiger partial charge in [0.05, 0.1) is 7.11 Å². The van der Waals surface area contributed by atoms with E-state index in [1.54, 1.807) is 12.1 Å². The van der Waals surface area contributed by atoms with Crippen LogP contribution in [0.5, 0.6) is 5.75 Å². The molecule has 0 aliphatic carbocycles. The van der Waals surface area contributed by atoms with Crippen molar-refractivity contribution in [3.63, 3.8) is 0 Å². The van der Waals surface area contributed by atoms with Gasteiger partial charge < -0.3 is 9.84 Å². The van der Waals surface area contributed by atoms with Gasteiger partial charge in [-0.3, -0.25) is 5.32 Å². The zero-order chi connectivity index (χ0) is 11.4. The summed E-state index contributed by atoms with van der Waals surface area (Å²) in [4.78, 5) is 10.9. The van der Waals surface area contributed by atoms with Gasteiger partial charge >= 0.3 is 6.09 Å². The van der Waals surface area contributed by atoms with Crippen LogP contribution in [0.1, 0.15) is 25.3 Å². The summed E-state index contributed by atoms with van der Waals surface area (Å²) in [5.41, 5.74) is 1.37. The number of phenols is 1. The number of aromatic hydroxyl groups is 1. The van der Waals surface area contributed by atoms with Crippen LogP contribution in [0, 0.1) is 0 Å². The van der Waals surface area contributed by atoms with Gasteiger partial charge in [-0.25, -0.2) is 4.79 Å². The minimum Gasteiger partial charge on any atom is -0.508 e. The first-order valence-electron chi connectivity index (χ1n) is 4.72. The summed E-state index contributed by atoms with van der Waals surface area (Å²) in [6.07, 6.45) is -0.549. The zero-order valence-electron chi connectivity index (χ0n) is 9.07. The van der Waals surface area contributed by atoms with Gasteiger partial charge in [-0.2, -0.15) is 0 Å². The third-order valence-electron chi connectivity index (χ3n) is 2.08. The molecule has 0 bridgehead atoms. The summed E-state index contributed by atoms with van der Waals surface area (Å²) in [5.74, 6) is 0.427. The van der Waals surface area contributed by atoms with Crippen molar-refractivity contribution in [1.29, 1.82) is 0 Å². The van der Waals surface area contributed by atoms with Crippen molar-refractivity contribution in [2.24, 2.45) is 0 Å². The maximum absolute atomic E-state index is 10.9. The Bertz CT molecular complexity index is 361. The summed E-state index contributed by atoms with van der Waals surface area (Å²) in [7, 11) is 1.29. The molecule has 82 valence electrons. The molecule has 2 N–H and O–H groups in total. The fourth-order valence-electron chi connectivity index (χ4n) is 1.28. The minimum atomic E-state index is -0.549. The van der Waals surface area contributed by atoms with E-state index in [-0.39, 0.29) is 11.7 Å². The average molecular weight is 209 g/mol. The molecular weight excluding hydrogens is 194 g/mol. The van der Waals surface area contributed by atoms with E-state index in [0.717, 1.165) is 5.56 Å². The van der Waals surface area contributed by atoms with Crippen LogP contribution in [-0.4, -0.2) is 18.3 Å². The molecule has 1 rings (SSSR count). The van der Waals surface area contributed by atoms with E-state index in [1.807, 2.05) is 13.8 Å². The van der Waals surface area contributed by atoms with Gasteiger partial charge in [0.25, 0.3) is 0 Å². The van der Waals surface area contributed by atoms with Gasteiger partial charge in [0.2, 0.25) is 0 Å². The van der Waals surface area contributed by atoms with Crippen LogP contribution >= 0.6 is 0 Å². The highest BCUT2D eigenvalue weighted by Gasteiger charge is 2.07. The molecule has 0 spiro atoms. The molecule has 0 unspecified atom stereocenters. The number of ether oxygens (including phenoxy) is 1. The summed E-state index contributed by atoms with van der Waals surface area (Å²) in [6.45, 7) is 3.98. The molecule has 0 aliphatic heterocycles. The van der Waals surface area contributed by atoms with Crippen LogP contribution in [0.15, 0.2) is 18.2 Å². The molecule has 0 aliphatic rings. The second kappa shape index (κ2) is 4.68. The SMILES string of the molecule is COC(=O)Nc1ccc(C(C)C)c(O)c1. The second-order valence-corrected chi connectivity index (χ2v) is 3.54. The lowest BCUT2D eigenvalue weighted by molar-refractivity contribution is 0.187. The van der Waals surface area contributed by atoms with Crippen molar-refractivity contribution < 1.29 is 14.6 Å². The Hall–Kier alpha value is -1.71. The summed E-state index contributed by atoms with van der Waals surface area (Å²) in [6, 6.07) is 5.02. The highest BCUT2D eigenvalue weighted by Crippen LogP contribution is 2.28. The molecule has 0 fully saturated rings. The van der Waals surface area contributed by atoms with Gasteiger partial charge in [0.1, 0.15) is 5.75 Å². The molecule has 0 heterocycles. The lowest BCUT2D eigenvalue weighted by atomic mass is 10.0. The number of rotatable bonds is 2. The molecule has 1 aromatic rings. The largest absolute Gasteiger partial charge is 0.508 e. The Morgan fingerprint density at radius 1 is 1.47 bits per heavy atom. The van der Waals surface area contributed by atoms with Crippen LogP contribution in [-0.2, 0) is 4.74 Å². The fraction of sp³-hybridized carbons (Fsp3) is 0.364. The lowest BCUT2D eigenvalue weighted by Gasteiger charge is -2.10. The van der Waals surface area contributed by atoms with Gasteiger partial charge in [0, 0.05) is 11.8 Å². The number of phenolic OH excluding ortho intramolecular Hbond substituents is 1. The van der Waals surface area contributed by atoms with E-state index < -0.39 is 6.09 Å². The van der Waals surface area contributed by atoms with Gasteiger partial charge in [-0.1, -0.05) is 19.9 Å². The van der Waals surface area contributed by atoms with Crippen LogP contribution in [0.2, 0.25) is 0 Å². The number of methoxy groups -OCH3 is 1. The van der Waals surface area contributed by atoms with Crippen molar-refractivity contribution >= 4 is 11.8 Å². The Labute approximate surface area is 88.9 Å². The van der Waals surface area contributed by atoms with E-state index in [0.29, 0.717) is 5.69 Å². The van der Waals surface area contributed by atoms with Crippen LogP contribution in [0.25, 0.3) is 0 Å². The quantitative estimate of drug-likeness (QED) is 0.787. The molecule has 4 nitrogen and oxygen atoms in total. The molecule has 0 atom stereocenters. The number of hydrogen-bond donors (Lipinski definition) is 2. The first-order chi connectivity index (χ1) is 7.04. The molecule has 15 heavy (non-hydrogen) atoms. The molecule has 0 saturated carbocycles. The lowest BCUT2D eigenvalue weighted by Crippen LogP contribution is -2.10. The maximum atomic E-state index is 10.9. The van der Waals surface area contributed by atoms with Crippen molar-refractivity contribution in [3.8, 4) is 5.75 Å². The van der Waals surface area contributed by atoms with E-state index in [2.05, 4.69) is 10.1 Å². The minimum absolute atomic E-state index is 0.180. The van der Waals surface area contributed by atoms with E-state index in [9.17, 15) is 9.90 Å². The number of amides is 1. The number of carbonyl (C=O) groups is 1. The summed E-state index contributed by atoms with van der Waals surface area (Å²) in [5, 5.41) is 12.1. The molecule has 1 aromatic carbocycles. The van der Waals surface area contributed by atoms with Gasteiger partial charge in [0.15, 0.2) is 0 Å². The first kappa shape index (κ1) is 11.4. The van der Waals surface area contributed by atoms with Crippen molar-refractivity contribution in [3.05, 3.63) is 23.8 Å². The molecule has 0 radical (unpaired) electrons. The normalized spacial score (nSPS) is 10.1. The number of benzene rings is 1. The van der Waals surface area contributed by atoms with Crippen LogP contribution < -0.4 is 5.32 Å². The van der Waals surface area contributed by atoms with Gasteiger partial charge in [-0.05, 0) is 17.5 Å². The van der Waals surface area contributed by atoms with E-state index >= 15 is 0 Å². The predicted molar refractivity (Wildman–Crippen MR) is 58.2 cm³/mol. The monoisotopic (exact) mass is 209 g/mol. The summed E-state index contributed by atoms with van der Waals surface area (Å²) < 4.78 is 4.44. The number of nitrogens with one attached hydrogen (secondary N) is 1. The molecule has 4 heteroatoms. The maximum Gasteiger partial charge on any atom is 0.411 e. The van der Waals surface area contributed by atoms with Crippen LogP contribution in [0.3, 0.4) is 0 Å². The fourth-order valence-corrected chi connectivity index (χ4v) is 1.28. The van der Waals surface area contributed by atoms with Gasteiger partial charge in [-0.15, -0.1) is 0 Å². The van der Waals surface area contributed by atoms with E-state index in [4.69, 9.17) is 0 Å². The van der Waals surface area contributed by atoms with Crippen molar-refractivity contribution in [2.75, 3.05) is 12.4 Å². The Balaban J connectivity index is 2.87. The second-order valence-electron chi connectivity index (χ2n) is 3.54. The summed E-state index contributed by atoms with van der Waals surface area (Å²) >= 11 is 0. The molecule has 0 saturated heterocycles. The van der Waals surface area contributed by atoms with Crippen molar-refractivity contribution in [2.45, 2.75) is 19.8 Å². The molecule has 1 amide bonds. The Morgan fingerprint density at radius 3 is 2.60 bits per heavy atom. The highest BCUT2D eigenvalue weighted by molar-refractivity contribution is 5.84. The Morgan fingerprint density at radius 2 is 2.13 bits per heavy atom. The van der Waals surface area contributed by atoms with Crippen LogP contribution in [0.4, 0.5) is 10.5 Å². The zero-order valence-corrected chi connectivity index (χ0v) is 9.07. The van der Waals surface area contributed by atoms with Crippen molar-refractivity contribution in [1.82, 2.24) is 0 Å². The average Bonchev–Trinajstić information content (AvgIpc) is 2.17.